The van der Waals surface area contributed by atoms with Crippen LogP contribution in [0.15, 0.2) is 24.3 Å². The van der Waals surface area contributed by atoms with Crippen LogP contribution in [0.25, 0.3) is 0 Å². The first-order valence-corrected chi connectivity index (χ1v) is 5.26. The number of nitrogens with one attached hydrogen (secondary N) is 2. The Morgan fingerprint density at radius 1 is 1.16 bits per heavy atom. The Bertz CT molecular complexity index is 474. The molecule has 0 unspecified atom stereocenters. The number of hydrogen-bond donors (Lipinski definition) is 3. The van der Waals surface area contributed by atoms with Crippen molar-refractivity contribution >= 4 is 17.5 Å². The van der Waals surface area contributed by atoms with E-state index in [2.05, 4.69) is 5.32 Å². The zero-order valence-electron chi connectivity index (χ0n) is 9.75. The van der Waals surface area contributed by atoms with E-state index < -0.39 is 31.1 Å². The van der Waals surface area contributed by atoms with Crippen LogP contribution in [-0.4, -0.2) is 31.1 Å². The molecular formula is C11H12F3N3O2. The smallest absolute Gasteiger partial charge is 0.398 e. The molecule has 0 saturated heterocycles. The summed E-state index contributed by atoms with van der Waals surface area (Å²) in [6.07, 6.45) is -4.48. The van der Waals surface area contributed by atoms with Gasteiger partial charge in [-0.25, -0.2) is 0 Å². The predicted molar refractivity (Wildman–Crippen MR) is 62.3 cm³/mol. The highest BCUT2D eigenvalue weighted by molar-refractivity contribution is 6.00. The summed E-state index contributed by atoms with van der Waals surface area (Å²) in [6.45, 7) is -1.99. The normalized spacial score (nSPS) is 10.9. The van der Waals surface area contributed by atoms with Crippen molar-refractivity contribution in [3.63, 3.8) is 0 Å². The van der Waals surface area contributed by atoms with Crippen LogP contribution in [0.1, 0.15) is 10.4 Å². The Morgan fingerprint density at radius 3 is 2.37 bits per heavy atom. The molecule has 19 heavy (non-hydrogen) atoms. The van der Waals surface area contributed by atoms with Crippen molar-refractivity contribution in [2.75, 3.05) is 18.8 Å². The Morgan fingerprint density at radius 2 is 1.79 bits per heavy atom. The number of benzene rings is 1. The van der Waals surface area contributed by atoms with E-state index in [9.17, 15) is 22.8 Å². The van der Waals surface area contributed by atoms with Gasteiger partial charge in [0.1, 0.15) is 6.54 Å². The van der Waals surface area contributed by atoms with Gasteiger partial charge in [-0.05, 0) is 12.1 Å². The first-order chi connectivity index (χ1) is 8.79. The molecule has 0 atom stereocenters. The molecule has 5 nitrogen and oxygen atoms in total. The third kappa shape index (κ3) is 5.28. The van der Waals surface area contributed by atoms with Gasteiger partial charge < -0.3 is 16.4 Å². The Kier molecular flexibility index (Phi) is 4.74. The van der Waals surface area contributed by atoms with Crippen LogP contribution in [0.5, 0.6) is 0 Å². The standard InChI is InChI=1S/C11H12F3N3O2/c12-11(13,14)6-17-9(18)5-16-10(19)7-3-1-2-4-8(7)15/h1-4H,5-6,15H2,(H,16,19)(H,17,18). The lowest BCUT2D eigenvalue weighted by molar-refractivity contribution is -0.137. The quantitative estimate of drug-likeness (QED) is 0.706. The predicted octanol–water partition coefficient (Wildman–Crippen LogP) is 0.677. The number of amides is 2. The van der Waals surface area contributed by atoms with Crippen LogP contribution in [0.4, 0.5) is 18.9 Å². The molecule has 104 valence electrons. The van der Waals surface area contributed by atoms with E-state index in [1.807, 2.05) is 0 Å². The number of hydrogen-bond acceptors (Lipinski definition) is 3. The van der Waals surface area contributed by atoms with E-state index in [1.165, 1.54) is 12.1 Å². The Hall–Kier alpha value is -2.25. The lowest BCUT2D eigenvalue weighted by Crippen LogP contribution is -2.41. The molecule has 1 aromatic rings. The summed E-state index contributed by atoms with van der Waals surface area (Å²) in [4.78, 5) is 22.6. The third-order valence-electron chi connectivity index (χ3n) is 2.10. The monoisotopic (exact) mass is 275 g/mol. The minimum absolute atomic E-state index is 0.158. The van der Waals surface area contributed by atoms with E-state index in [0.717, 1.165) is 0 Å². The average molecular weight is 275 g/mol. The number of rotatable bonds is 4. The highest BCUT2D eigenvalue weighted by Crippen LogP contribution is 2.12. The number of nitrogen functional groups attached to an aromatic ring is 1. The van der Waals surface area contributed by atoms with Crippen molar-refractivity contribution < 1.29 is 22.8 Å². The van der Waals surface area contributed by atoms with Gasteiger partial charge in [0.2, 0.25) is 5.91 Å². The van der Waals surface area contributed by atoms with Crippen molar-refractivity contribution in [3.8, 4) is 0 Å². The maximum absolute atomic E-state index is 11.8. The van der Waals surface area contributed by atoms with Gasteiger partial charge in [-0.3, -0.25) is 9.59 Å². The van der Waals surface area contributed by atoms with Gasteiger partial charge in [-0.15, -0.1) is 0 Å². The second-order valence-corrected chi connectivity index (χ2v) is 3.66. The number of para-hydroxylation sites is 1. The lowest BCUT2D eigenvalue weighted by atomic mass is 10.1. The highest BCUT2D eigenvalue weighted by Gasteiger charge is 2.27. The van der Waals surface area contributed by atoms with Gasteiger partial charge in [0.05, 0.1) is 12.1 Å². The van der Waals surface area contributed by atoms with E-state index in [1.54, 1.807) is 17.4 Å². The second-order valence-electron chi connectivity index (χ2n) is 3.66. The fraction of sp³-hybridized carbons (Fsp3) is 0.273. The van der Waals surface area contributed by atoms with Gasteiger partial charge in [-0.1, -0.05) is 12.1 Å². The van der Waals surface area contributed by atoms with Crippen molar-refractivity contribution in [1.82, 2.24) is 10.6 Å². The van der Waals surface area contributed by atoms with Crippen molar-refractivity contribution in [2.45, 2.75) is 6.18 Å². The van der Waals surface area contributed by atoms with Crippen LogP contribution in [0.3, 0.4) is 0 Å². The molecular weight excluding hydrogens is 263 g/mol. The third-order valence-corrected chi connectivity index (χ3v) is 2.10. The molecule has 2 amide bonds. The summed E-state index contributed by atoms with van der Waals surface area (Å²) in [5.41, 5.74) is 5.91. The zero-order valence-corrected chi connectivity index (χ0v) is 9.75. The fourth-order valence-corrected chi connectivity index (χ4v) is 1.22. The maximum atomic E-state index is 11.8. The van der Waals surface area contributed by atoms with Crippen molar-refractivity contribution in [2.24, 2.45) is 0 Å². The molecule has 8 heteroatoms. The molecule has 4 N–H and O–H groups in total. The lowest BCUT2D eigenvalue weighted by Gasteiger charge is -2.09. The minimum Gasteiger partial charge on any atom is -0.398 e. The van der Waals surface area contributed by atoms with E-state index >= 15 is 0 Å². The summed E-state index contributed by atoms with van der Waals surface area (Å²) in [7, 11) is 0. The summed E-state index contributed by atoms with van der Waals surface area (Å²) in [5, 5.41) is 3.81. The Balaban J connectivity index is 2.43. The SMILES string of the molecule is Nc1ccccc1C(=O)NCC(=O)NCC(F)(F)F. The molecule has 0 heterocycles. The highest BCUT2D eigenvalue weighted by atomic mass is 19.4. The molecule has 0 aromatic heterocycles. The average Bonchev–Trinajstić information content (AvgIpc) is 2.33. The van der Waals surface area contributed by atoms with Crippen LogP contribution in [0.2, 0.25) is 0 Å². The zero-order chi connectivity index (χ0) is 14.5. The van der Waals surface area contributed by atoms with E-state index in [0.29, 0.717) is 0 Å². The molecule has 0 radical (unpaired) electrons. The molecule has 1 rings (SSSR count). The van der Waals surface area contributed by atoms with Gasteiger partial charge in [-0.2, -0.15) is 13.2 Å². The van der Waals surface area contributed by atoms with Crippen LogP contribution < -0.4 is 16.4 Å². The number of nitrogens with two attached hydrogens (primary N) is 1. The van der Waals surface area contributed by atoms with Gasteiger partial charge in [0.15, 0.2) is 0 Å². The van der Waals surface area contributed by atoms with E-state index in [-0.39, 0.29) is 11.3 Å². The summed E-state index contributed by atoms with van der Waals surface area (Å²) in [5.74, 6) is -1.56. The van der Waals surface area contributed by atoms with Gasteiger partial charge >= 0.3 is 6.18 Å². The van der Waals surface area contributed by atoms with E-state index in [4.69, 9.17) is 5.73 Å². The second kappa shape index (κ2) is 6.07. The fourth-order valence-electron chi connectivity index (χ4n) is 1.22. The summed E-state index contributed by atoms with van der Waals surface area (Å²) < 4.78 is 35.4. The van der Waals surface area contributed by atoms with Gasteiger partial charge in [0, 0.05) is 5.69 Å². The number of alkyl halides is 3. The molecule has 0 saturated carbocycles. The van der Waals surface area contributed by atoms with Crippen LogP contribution in [0, 0.1) is 0 Å². The topological polar surface area (TPSA) is 84.2 Å². The maximum Gasteiger partial charge on any atom is 0.405 e. The minimum atomic E-state index is -4.48. The number of anilines is 1. The largest absolute Gasteiger partial charge is 0.405 e. The Labute approximate surface area is 107 Å². The first kappa shape index (κ1) is 14.8. The first-order valence-electron chi connectivity index (χ1n) is 5.26. The summed E-state index contributed by atoms with van der Waals surface area (Å²) >= 11 is 0. The number of halogens is 3. The summed E-state index contributed by atoms with van der Waals surface area (Å²) in [6, 6.07) is 6.15. The molecule has 1 aromatic carbocycles. The number of carbonyl (C=O) groups is 2. The molecule has 0 aliphatic carbocycles. The molecule has 0 spiro atoms. The van der Waals surface area contributed by atoms with Gasteiger partial charge in [0.25, 0.3) is 5.91 Å². The molecule has 0 bridgehead atoms. The van der Waals surface area contributed by atoms with Crippen LogP contribution in [-0.2, 0) is 4.79 Å². The molecule has 0 aliphatic rings. The molecule has 0 fully saturated rings. The van der Waals surface area contributed by atoms with Crippen LogP contribution >= 0.6 is 0 Å². The van der Waals surface area contributed by atoms with Crippen molar-refractivity contribution in [3.05, 3.63) is 29.8 Å². The number of carbonyl (C=O) groups excluding carboxylic acids is 2. The van der Waals surface area contributed by atoms with Crippen molar-refractivity contribution in [1.29, 1.82) is 0 Å². The molecule has 0 aliphatic heterocycles.